The molecule has 0 bridgehead atoms. The van der Waals surface area contributed by atoms with Crippen LogP contribution in [0, 0.1) is 17.7 Å². The quantitative estimate of drug-likeness (QED) is 0.846. The third-order valence-electron chi connectivity index (χ3n) is 4.61. The van der Waals surface area contributed by atoms with Crippen molar-refractivity contribution in [3.63, 3.8) is 0 Å². The van der Waals surface area contributed by atoms with Gasteiger partial charge in [-0.3, -0.25) is 0 Å². The fourth-order valence-electron chi connectivity index (χ4n) is 3.83. The van der Waals surface area contributed by atoms with Crippen LogP contribution < -0.4 is 5.32 Å². The van der Waals surface area contributed by atoms with Crippen molar-refractivity contribution in [1.29, 1.82) is 0 Å². The Morgan fingerprint density at radius 2 is 2.24 bits per heavy atom. The zero-order valence-electron chi connectivity index (χ0n) is 10.5. The lowest BCUT2D eigenvalue weighted by Gasteiger charge is -2.48. The van der Waals surface area contributed by atoms with Crippen LogP contribution >= 0.6 is 0 Å². The Balaban J connectivity index is 1.80. The van der Waals surface area contributed by atoms with Crippen molar-refractivity contribution in [2.24, 2.45) is 11.8 Å². The molecule has 17 heavy (non-hydrogen) atoms. The Kier molecular flexibility index (Phi) is 2.70. The van der Waals surface area contributed by atoms with Gasteiger partial charge in [-0.25, -0.2) is 4.39 Å². The van der Waals surface area contributed by atoms with Crippen molar-refractivity contribution in [2.75, 3.05) is 6.54 Å². The highest BCUT2D eigenvalue weighted by Gasteiger charge is 2.51. The smallest absolute Gasteiger partial charge is 0.123 e. The van der Waals surface area contributed by atoms with Crippen LogP contribution in [0.25, 0.3) is 0 Å². The van der Waals surface area contributed by atoms with Crippen LogP contribution in [0.1, 0.15) is 37.3 Å². The SMILES string of the molecule is CCCNC1C(C)C2c3ccc(F)cc3CC12. The van der Waals surface area contributed by atoms with Crippen molar-refractivity contribution in [1.82, 2.24) is 5.32 Å². The van der Waals surface area contributed by atoms with Gasteiger partial charge in [-0.1, -0.05) is 19.9 Å². The van der Waals surface area contributed by atoms with Gasteiger partial charge in [0, 0.05) is 6.04 Å². The molecule has 1 aromatic rings. The minimum atomic E-state index is -0.0872. The maximum atomic E-state index is 13.2. The molecule has 2 aliphatic rings. The summed E-state index contributed by atoms with van der Waals surface area (Å²) in [7, 11) is 0. The van der Waals surface area contributed by atoms with E-state index in [2.05, 4.69) is 19.2 Å². The molecule has 2 heteroatoms. The molecule has 1 N–H and O–H groups in total. The molecular weight excluding hydrogens is 213 g/mol. The molecule has 0 radical (unpaired) electrons. The van der Waals surface area contributed by atoms with E-state index in [0.717, 1.165) is 13.0 Å². The van der Waals surface area contributed by atoms with Crippen LogP contribution in [-0.2, 0) is 6.42 Å². The molecule has 1 saturated carbocycles. The minimum Gasteiger partial charge on any atom is -0.313 e. The maximum Gasteiger partial charge on any atom is 0.123 e. The van der Waals surface area contributed by atoms with Crippen LogP contribution in [0.2, 0.25) is 0 Å². The molecule has 1 nitrogen and oxygen atoms in total. The van der Waals surface area contributed by atoms with E-state index in [1.807, 2.05) is 6.07 Å². The normalized spacial score (nSPS) is 34.1. The first kappa shape index (κ1) is 11.2. The molecule has 4 atom stereocenters. The molecule has 2 aliphatic carbocycles. The molecule has 92 valence electrons. The maximum absolute atomic E-state index is 13.2. The predicted molar refractivity (Wildman–Crippen MR) is 67.6 cm³/mol. The van der Waals surface area contributed by atoms with E-state index in [1.165, 1.54) is 17.5 Å². The third-order valence-corrected chi connectivity index (χ3v) is 4.61. The topological polar surface area (TPSA) is 12.0 Å². The van der Waals surface area contributed by atoms with Gasteiger partial charge >= 0.3 is 0 Å². The predicted octanol–water partition coefficient (Wildman–Crippen LogP) is 3.10. The van der Waals surface area contributed by atoms with Crippen molar-refractivity contribution >= 4 is 0 Å². The number of rotatable bonds is 3. The number of hydrogen-bond acceptors (Lipinski definition) is 1. The van der Waals surface area contributed by atoms with Crippen LogP contribution in [-0.4, -0.2) is 12.6 Å². The Morgan fingerprint density at radius 1 is 1.41 bits per heavy atom. The van der Waals surface area contributed by atoms with E-state index in [9.17, 15) is 4.39 Å². The summed E-state index contributed by atoms with van der Waals surface area (Å²) in [6.45, 7) is 5.63. The van der Waals surface area contributed by atoms with Gasteiger partial charge in [-0.2, -0.15) is 0 Å². The van der Waals surface area contributed by atoms with Gasteiger partial charge in [-0.05, 0) is 60.4 Å². The minimum absolute atomic E-state index is 0.0872. The van der Waals surface area contributed by atoms with Crippen molar-refractivity contribution in [3.05, 3.63) is 35.1 Å². The molecule has 1 fully saturated rings. The Labute approximate surface area is 102 Å². The third kappa shape index (κ3) is 1.61. The summed E-state index contributed by atoms with van der Waals surface area (Å²) in [5.41, 5.74) is 2.64. The van der Waals surface area contributed by atoms with Crippen LogP contribution in [0.4, 0.5) is 4.39 Å². The summed E-state index contributed by atoms with van der Waals surface area (Å²) in [6.07, 6.45) is 2.24. The molecule has 0 saturated heterocycles. The number of fused-ring (bicyclic) bond motifs is 3. The molecule has 0 aliphatic heterocycles. The van der Waals surface area contributed by atoms with E-state index in [4.69, 9.17) is 0 Å². The molecule has 0 heterocycles. The first-order valence-corrected chi connectivity index (χ1v) is 6.74. The Hall–Kier alpha value is -0.890. The summed E-state index contributed by atoms with van der Waals surface area (Å²) in [5.74, 6) is 1.97. The summed E-state index contributed by atoms with van der Waals surface area (Å²) < 4.78 is 13.2. The van der Waals surface area contributed by atoms with E-state index in [0.29, 0.717) is 23.8 Å². The fourth-order valence-corrected chi connectivity index (χ4v) is 3.83. The fraction of sp³-hybridized carbons (Fsp3) is 0.600. The lowest BCUT2D eigenvalue weighted by Crippen LogP contribution is -2.54. The molecular formula is C15H20FN. The average Bonchev–Trinajstić information content (AvgIpc) is 2.63. The van der Waals surface area contributed by atoms with Crippen LogP contribution in [0.3, 0.4) is 0 Å². The Morgan fingerprint density at radius 3 is 3.00 bits per heavy atom. The van der Waals surface area contributed by atoms with Gasteiger partial charge in [0.25, 0.3) is 0 Å². The van der Waals surface area contributed by atoms with Gasteiger partial charge < -0.3 is 5.32 Å². The highest BCUT2D eigenvalue weighted by molar-refractivity contribution is 5.41. The largest absolute Gasteiger partial charge is 0.313 e. The Bertz CT molecular complexity index is 429. The number of benzene rings is 1. The van der Waals surface area contributed by atoms with Gasteiger partial charge in [0.15, 0.2) is 0 Å². The summed E-state index contributed by atoms with van der Waals surface area (Å²) in [4.78, 5) is 0. The molecule has 4 unspecified atom stereocenters. The highest BCUT2D eigenvalue weighted by atomic mass is 19.1. The second-order valence-corrected chi connectivity index (χ2v) is 5.58. The lowest BCUT2D eigenvalue weighted by molar-refractivity contribution is 0.0977. The zero-order valence-corrected chi connectivity index (χ0v) is 10.5. The van der Waals surface area contributed by atoms with Gasteiger partial charge in [0.05, 0.1) is 0 Å². The van der Waals surface area contributed by atoms with Crippen molar-refractivity contribution in [2.45, 2.75) is 38.6 Å². The molecule has 0 amide bonds. The molecule has 1 aromatic carbocycles. The standard InChI is InChI=1S/C15H20FN/c1-3-6-17-15-9(2)14-12-5-4-11(16)7-10(12)8-13(14)15/h4-5,7,9,13-15,17H,3,6,8H2,1-2H3. The molecule has 0 aromatic heterocycles. The number of nitrogens with one attached hydrogen (secondary N) is 1. The summed E-state index contributed by atoms with van der Waals surface area (Å²) in [5, 5.41) is 3.65. The van der Waals surface area contributed by atoms with Crippen LogP contribution in [0.15, 0.2) is 18.2 Å². The van der Waals surface area contributed by atoms with Crippen molar-refractivity contribution in [3.8, 4) is 0 Å². The first-order chi connectivity index (χ1) is 8.22. The van der Waals surface area contributed by atoms with E-state index in [-0.39, 0.29) is 5.82 Å². The second kappa shape index (κ2) is 4.09. The zero-order chi connectivity index (χ0) is 12.0. The van der Waals surface area contributed by atoms with Gasteiger partial charge in [-0.15, -0.1) is 0 Å². The first-order valence-electron chi connectivity index (χ1n) is 6.74. The monoisotopic (exact) mass is 233 g/mol. The summed E-state index contributed by atoms with van der Waals surface area (Å²) >= 11 is 0. The van der Waals surface area contributed by atoms with Gasteiger partial charge in [0.1, 0.15) is 5.82 Å². The lowest BCUT2D eigenvalue weighted by atomic mass is 9.62. The molecule has 3 rings (SSSR count). The van der Waals surface area contributed by atoms with Crippen LogP contribution in [0.5, 0.6) is 0 Å². The van der Waals surface area contributed by atoms with E-state index >= 15 is 0 Å². The number of hydrogen-bond donors (Lipinski definition) is 1. The molecule has 0 spiro atoms. The van der Waals surface area contributed by atoms with E-state index in [1.54, 1.807) is 12.1 Å². The summed E-state index contributed by atoms with van der Waals surface area (Å²) in [6, 6.07) is 5.98. The average molecular weight is 233 g/mol. The van der Waals surface area contributed by atoms with Crippen molar-refractivity contribution < 1.29 is 4.39 Å². The van der Waals surface area contributed by atoms with E-state index < -0.39 is 0 Å². The van der Waals surface area contributed by atoms with Gasteiger partial charge in [0.2, 0.25) is 0 Å². The second-order valence-electron chi connectivity index (χ2n) is 5.58. The highest BCUT2D eigenvalue weighted by Crippen LogP contribution is 2.54. The number of halogens is 1.